The lowest BCUT2D eigenvalue weighted by atomic mass is 10.0. The van der Waals surface area contributed by atoms with Crippen LogP contribution in [0.4, 0.5) is 0 Å². The second-order valence-corrected chi connectivity index (χ2v) is 7.43. The van der Waals surface area contributed by atoms with E-state index in [9.17, 15) is 0 Å². The molecule has 0 bridgehead atoms. The second kappa shape index (κ2) is 7.44. The van der Waals surface area contributed by atoms with E-state index in [2.05, 4.69) is 15.4 Å². The summed E-state index contributed by atoms with van der Waals surface area (Å²) in [4.78, 5) is 4.64. The first-order chi connectivity index (χ1) is 14.2. The van der Waals surface area contributed by atoms with Crippen molar-refractivity contribution >= 4 is 16.9 Å². The fourth-order valence-electron chi connectivity index (χ4n) is 3.86. The maximum Gasteiger partial charge on any atom is 0.214 e. The quantitative estimate of drug-likeness (QED) is 0.714. The van der Waals surface area contributed by atoms with Gasteiger partial charge in [-0.1, -0.05) is 0 Å². The summed E-state index contributed by atoms with van der Waals surface area (Å²) in [5.41, 5.74) is 1.45. The number of fused-ring (bicyclic) bond motifs is 2. The molecule has 5 rings (SSSR count). The number of hydrogen-bond acceptors (Lipinski definition) is 7. The van der Waals surface area contributed by atoms with Gasteiger partial charge in [0.05, 0.1) is 38.8 Å². The summed E-state index contributed by atoms with van der Waals surface area (Å²) in [6, 6.07) is 5.77. The number of ether oxygens (including phenoxy) is 3. The number of piperidine rings is 1. The molecule has 8 nitrogen and oxygen atoms in total. The van der Waals surface area contributed by atoms with Crippen molar-refractivity contribution in [2.24, 2.45) is 11.0 Å². The average molecular weight is 396 g/mol. The maximum atomic E-state index is 6.20. The molecule has 0 radical (unpaired) electrons. The lowest BCUT2D eigenvalue weighted by Crippen LogP contribution is -2.33. The van der Waals surface area contributed by atoms with Crippen molar-refractivity contribution < 1.29 is 18.6 Å². The molecule has 152 valence electrons. The fraction of sp³-hybridized carbons (Fsp3) is 0.429. The van der Waals surface area contributed by atoms with E-state index in [1.807, 2.05) is 24.4 Å². The molecular weight excluding hydrogens is 372 g/mol. The maximum absolute atomic E-state index is 6.20. The van der Waals surface area contributed by atoms with Crippen molar-refractivity contribution in [2.45, 2.75) is 19.3 Å². The van der Waals surface area contributed by atoms with Crippen LogP contribution in [-0.2, 0) is 11.2 Å². The molecule has 0 amide bonds. The molecule has 1 saturated heterocycles. The third kappa shape index (κ3) is 3.44. The smallest absolute Gasteiger partial charge is 0.214 e. The van der Waals surface area contributed by atoms with Crippen molar-refractivity contribution in [2.75, 3.05) is 33.9 Å². The minimum Gasteiger partial charge on any atom is -0.496 e. The van der Waals surface area contributed by atoms with Gasteiger partial charge in [0, 0.05) is 24.6 Å². The zero-order valence-electron chi connectivity index (χ0n) is 16.6. The van der Waals surface area contributed by atoms with E-state index in [4.69, 9.17) is 18.6 Å². The summed E-state index contributed by atoms with van der Waals surface area (Å²) < 4.78 is 24.7. The van der Waals surface area contributed by atoms with Crippen LogP contribution < -0.4 is 14.8 Å². The predicted octanol–water partition coefficient (Wildman–Crippen LogP) is 3.05. The number of aromatic nitrogens is 2. The van der Waals surface area contributed by atoms with E-state index in [0.29, 0.717) is 41.9 Å². The Morgan fingerprint density at radius 2 is 2.17 bits per heavy atom. The summed E-state index contributed by atoms with van der Waals surface area (Å²) in [5.74, 6) is 4.15. The molecule has 4 heterocycles. The lowest BCUT2D eigenvalue weighted by Gasteiger charge is -2.23. The molecule has 1 N–H and O–H groups in total. The van der Waals surface area contributed by atoms with Gasteiger partial charge in [0.25, 0.3) is 0 Å². The molecule has 2 aliphatic rings. The topological polar surface area (TPSA) is 83.0 Å². The van der Waals surface area contributed by atoms with Gasteiger partial charge in [0.2, 0.25) is 5.90 Å². The summed E-state index contributed by atoms with van der Waals surface area (Å²) >= 11 is 0. The number of rotatable bonds is 5. The second-order valence-electron chi connectivity index (χ2n) is 7.43. The molecule has 29 heavy (non-hydrogen) atoms. The number of furan rings is 1. The number of imidazole rings is 1. The highest BCUT2D eigenvalue weighted by Gasteiger charge is 2.22. The summed E-state index contributed by atoms with van der Waals surface area (Å²) in [6.07, 6.45) is 4.80. The highest BCUT2D eigenvalue weighted by molar-refractivity contribution is 5.89. The van der Waals surface area contributed by atoms with E-state index in [1.165, 1.54) is 12.8 Å². The Morgan fingerprint density at radius 1 is 1.24 bits per heavy atom. The highest BCUT2D eigenvalue weighted by atomic mass is 16.5. The molecule has 0 unspecified atom stereocenters. The van der Waals surface area contributed by atoms with Crippen LogP contribution in [0.15, 0.2) is 33.9 Å². The van der Waals surface area contributed by atoms with Crippen molar-refractivity contribution in [3.8, 4) is 23.0 Å². The number of nitrogens with zero attached hydrogens (tertiary/aromatic N) is 3. The first-order valence-electron chi connectivity index (χ1n) is 9.89. The highest BCUT2D eigenvalue weighted by Crippen LogP contribution is 2.37. The summed E-state index contributed by atoms with van der Waals surface area (Å²) in [5, 5.41) is 8.70. The Balaban J connectivity index is 1.45. The van der Waals surface area contributed by atoms with Crippen LogP contribution in [-0.4, -0.2) is 49.5 Å². The van der Waals surface area contributed by atoms with Gasteiger partial charge in [0.15, 0.2) is 5.76 Å². The Hall–Kier alpha value is -3.00. The third-order valence-corrected chi connectivity index (χ3v) is 5.46. The Kier molecular flexibility index (Phi) is 4.63. The van der Waals surface area contributed by atoms with Crippen LogP contribution in [0.1, 0.15) is 18.7 Å². The van der Waals surface area contributed by atoms with Crippen molar-refractivity contribution in [1.29, 1.82) is 0 Å². The molecule has 1 atom stereocenters. The van der Waals surface area contributed by atoms with E-state index in [1.54, 1.807) is 18.9 Å². The molecular formula is C21H24N4O4. The van der Waals surface area contributed by atoms with Gasteiger partial charge in [-0.15, -0.1) is 5.10 Å². The molecule has 2 aliphatic heterocycles. The Labute approximate surface area is 168 Å². The van der Waals surface area contributed by atoms with Crippen LogP contribution in [0.5, 0.6) is 11.5 Å². The first-order valence-corrected chi connectivity index (χ1v) is 9.89. The van der Waals surface area contributed by atoms with Gasteiger partial charge in [-0.3, -0.25) is 0 Å². The zero-order chi connectivity index (χ0) is 19.8. The summed E-state index contributed by atoms with van der Waals surface area (Å²) in [7, 11) is 3.26. The van der Waals surface area contributed by atoms with Gasteiger partial charge in [-0.2, -0.15) is 0 Å². The number of benzene rings is 1. The predicted molar refractivity (Wildman–Crippen MR) is 109 cm³/mol. The molecule has 3 aromatic rings. The minimum absolute atomic E-state index is 0.514. The molecule has 0 aliphatic carbocycles. The fourth-order valence-corrected chi connectivity index (χ4v) is 3.86. The van der Waals surface area contributed by atoms with E-state index in [-0.39, 0.29) is 0 Å². The molecule has 1 fully saturated rings. The Morgan fingerprint density at radius 3 is 2.93 bits per heavy atom. The van der Waals surface area contributed by atoms with Crippen LogP contribution in [0.3, 0.4) is 0 Å². The first kappa shape index (κ1) is 18.1. The number of hydrogen-bond donors (Lipinski definition) is 1. The molecule has 0 spiro atoms. The minimum atomic E-state index is 0.514. The molecule has 0 saturated carbocycles. The van der Waals surface area contributed by atoms with Gasteiger partial charge in [-0.05, 0) is 25.5 Å². The number of nitrogens with one attached hydrogen (secondary N) is 1. The Bertz CT molecular complexity index is 1060. The van der Waals surface area contributed by atoms with Crippen LogP contribution >= 0.6 is 0 Å². The van der Waals surface area contributed by atoms with Crippen molar-refractivity contribution in [3.63, 3.8) is 0 Å². The van der Waals surface area contributed by atoms with Crippen LogP contribution in [0.25, 0.3) is 22.4 Å². The SMILES string of the molecule is COC1=Nn2cc(-c3cc4c(OC[C@@H]5CCCNC5)cc(OC)cc4o3)nc2C1. The largest absolute Gasteiger partial charge is 0.496 e. The molecule has 1 aromatic carbocycles. The van der Waals surface area contributed by atoms with E-state index in [0.717, 1.165) is 35.7 Å². The third-order valence-electron chi connectivity index (χ3n) is 5.46. The normalized spacial score (nSPS) is 18.6. The van der Waals surface area contributed by atoms with E-state index < -0.39 is 0 Å². The van der Waals surface area contributed by atoms with Gasteiger partial charge >= 0.3 is 0 Å². The average Bonchev–Trinajstić information content (AvgIpc) is 3.44. The standard InChI is InChI=1S/C21H24N4O4/c1-26-14-6-17(28-12-13-4-3-5-22-10-13)15-8-19(29-18(15)7-14)16-11-25-20(23-16)9-21(24-25)27-2/h6-8,11,13,22H,3-5,9-10,12H2,1-2H3/t13-/m1/s1. The van der Waals surface area contributed by atoms with Gasteiger partial charge < -0.3 is 23.9 Å². The summed E-state index contributed by atoms with van der Waals surface area (Å²) in [6.45, 7) is 2.76. The van der Waals surface area contributed by atoms with Crippen molar-refractivity contribution in [1.82, 2.24) is 15.0 Å². The number of methoxy groups -OCH3 is 2. The van der Waals surface area contributed by atoms with Gasteiger partial charge in [0.1, 0.15) is 28.6 Å². The molecule has 8 heteroatoms. The van der Waals surface area contributed by atoms with E-state index >= 15 is 0 Å². The van der Waals surface area contributed by atoms with Crippen LogP contribution in [0, 0.1) is 5.92 Å². The molecule has 2 aromatic heterocycles. The van der Waals surface area contributed by atoms with Crippen LogP contribution in [0.2, 0.25) is 0 Å². The monoisotopic (exact) mass is 396 g/mol. The lowest BCUT2D eigenvalue weighted by molar-refractivity contribution is 0.220. The zero-order valence-corrected chi connectivity index (χ0v) is 16.6. The van der Waals surface area contributed by atoms with Gasteiger partial charge in [-0.25, -0.2) is 9.66 Å². The van der Waals surface area contributed by atoms with Crippen molar-refractivity contribution in [3.05, 3.63) is 30.2 Å².